The van der Waals surface area contributed by atoms with Gasteiger partial charge in [0.1, 0.15) is 0 Å². The summed E-state index contributed by atoms with van der Waals surface area (Å²) in [6.07, 6.45) is 0.643. The van der Waals surface area contributed by atoms with Gasteiger partial charge in [-0.05, 0) is 30.7 Å². The summed E-state index contributed by atoms with van der Waals surface area (Å²) in [5.41, 5.74) is 0.365. The fourth-order valence-corrected chi connectivity index (χ4v) is 2.90. The van der Waals surface area contributed by atoms with E-state index >= 15 is 0 Å². The number of aromatic carboxylic acids is 1. The molecule has 0 unspecified atom stereocenters. The second-order valence-electron chi connectivity index (χ2n) is 4.05. The molecule has 1 aromatic carbocycles. The summed E-state index contributed by atoms with van der Waals surface area (Å²) in [6.45, 7) is 1.68. The van der Waals surface area contributed by atoms with Gasteiger partial charge in [-0.15, -0.1) is 0 Å². The van der Waals surface area contributed by atoms with E-state index in [-0.39, 0.29) is 25.3 Å². The standard InChI is InChI=1S/C12H18N2O5S/c1-2-7-13-20(18,19)14(8-9-15)11-5-3-10(4-6-11)12(16)17/h3-6,13,15H,2,7-9H2,1H3,(H,16,17). The van der Waals surface area contributed by atoms with Crippen molar-refractivity contribution >= 4 is 21.9 Å². The second-order valence-corrected chi connectivity index (χ2v) is 5.73. The SMILES string of the molecule is CCCNS(=O)(=O)N(CCO)c1ccc(C(=O)O)cc1. The quantitative estimate of drug-likeness (QED) is 0.645. The van der Waals surface area contributed by atoms with Gasteiger partial charge in [-0.25, -0.2) is 4.79 Å². The van der Waals surface area contributed by atoms with Crippen LogP contribution in [-0.2, 0) is 10.2 Å². The summed E-state index contributed by atoms with van der Waals surface area (Å²) in [5, 5.41) is 17.8. The molecular weight excluding hydrogens is 284 g/mol. The van der Waals surface area contributed by atoms with Gasteiger partial charge in [0, 0.05) is 6.54 Å². The van der Waals surface area contributed by atoms with Crippen molar-refractivity contribution in [2.45, 2.75) is 13.3 Å². The minimum atomic E-state index is -3.76. The second kappa shape index (κ2) is 7.22. The molecule has 0 bridgehead atoms. The molecule has 0 heterocycles. The number of anilines is 1. The molecule has 0 aromatic heterocycles. The zero-order valence-electron chi connectivity index (χ0n) is 11.1. The zero-order valence-corrected chi connectivity index (χ0v) is 11.9. The molecule has 8 heteroatoms. The molecule has 0 atom stereocenters. The van der Waals surface area contributed by atoms with E-state index in [1.807, 2.05) is 6.92 Å². The highest BCUT2D eigenvalue weighted by molar-refractivity contribution is 7.90. The number of aliphatic hydroxyl groups is 1. The number of carbonyl (C=O) groups is 1. The molecule has 0 amide bonds. The van der Waals surface area contributed by atoms with E-state index in [2.05, 4.69) is 4.72 Å². The molecule has 1 aromatic rings. The monoisotopic (exact) mass is 302 g/mol. The average Bonchev–Trinajstić information content (AvgIpc) is 2.42. The number of carboxylic acid groups (broad SMARTS) is 1. The Morgan fingerprint density at radius 1 is 1.30 bits per heavy atom. The molecule has 7 nitrogen and oxygen atoms in total. The fraction of sp³-hybridized carbons (Fsp3) is 0.417. The number of hydrogen-bond acceptors (Lipinski definition) is 4. The van der Waals surface area contributed by atoms with Gasteiger partial charge >= 0.3 is 16.2 Å². The van der Waals surface area contributed by atoms with Crippen LogP contribution in [0.4, 0.5) is 5.69 Å². The summed E-state index contributed by atoms with van der Waals surface area (Å²) in [4.78, 5) is 10.8. The first-order valence-corrected chi connectivity index (χ1v) is 7.58. The lowest BCUT2D eigenvalue weighted by Gasteiger charge is -2.23. The van der Waals surface area contributed by atoms with Crippen LogP contribution >= 0.6 is 0 Å². The van der Waals surface area contributed by atoms with Gasteiger partial charge in [0.05, 0.1) is 24.4 Å². The smallest absolute Gasteiger partial charge is 0.335 e. The normalized spacial score (nSPS) is 11.3. The molecule has 0 fully saturated rings. The molecule has 0 radical (unpaired) electrons. The molecule has 0 spiro atoms. The topological polar surface area (TPSA) is 107 Å². The molecule has 20 heavy (non-hydrogen) atoms. The summed E-state index contributed by atoms with van der Waals surface area (Å²) >= 11 is 0. The van der Waals surface area contributed by atoms with Gasteiger partial charge < -0.3 is 10.2 Å². The third-order valence-electron chi connectivity index (χ3n) is 2.53. The average molecular weight is 302 g/mol. The lowest BCUT2D eigenvalue weighted by Crippen LogP contribution is -2.42. The van der Waals surface area contributed by atoms with Crippen LogP contribution in [0.25, 0.3) is 0 Å². The maximum absolute atomic E-state index is 12.1. The first-order valence-electron chi connectivity index (χ1n) is 6.14. The Labute approximate surface area is 118 Å². The van der Waals surface area contributed by atoms with E-state index in [1.165, 1.54) is 24.3 Å². The number of nitrogens with one attached hydrogen (secondary N) is 1. The Morgan fingerprint density at radius 2 is 1.90 bits per heavy atom. The fourth-order valence-electron chi connectivity index (χ4n) is 1.56. The summed E-state index contributed by atoms with van der Waals surface area (Å²) in [7, 11) is -3.76. The van der Waals surface area contributed by atoms with Gasteiger partial charge in [0.2, 0.25) is 0 Å². The Morgan fingerprint density at radius 3 is 2.35 bits per heavy atom. The van der Waals surface area contributed by atoms with Crippen LogP contribution in [0.3, 0.4) is 0 Å². The maximum Gasteiger partial charge on any atom is 0.335 e. The van der Waals surface area contributed by atoms with Crippen molar-refractivity contribution in [2.24, 2.45) is 0 Å². The molecule has 0 saturated heterocycles. The minimum Gasteiger partial charge on any atom is -0.478 e. The molecule has 1 rings (SSSR count). The number of nitrogens with zero attached hydrogens (tertiary/aromatic N) is 1. The Kier molecular flexibility index (Phi) is 5.93. The largest absolute Gasteiger partial charge is 0.478 e. The Hall–Kier alpha value is -1.64. The Bertz CT molecular complexity index is 541. The predicted molar refractivity (Wildman–Crippen MR) is 75.0 cm³/mol. The molecule has 0 aliphatic carbocycles. The molecule has 0 aliphatic heterocycles. The van der Waals surface area contributed by atoms with Gasteiger partial charge in [-0.2, -0.15) is 13.1 Å². The van der Waals surface area contributed by atoms with E-state index in [4.69, 9.17) is 10.2 Å². The van der Waals surface area contributed by atoms with Gasteiger partial charge in [-0.3, -0.25) is 4.31 Å². The molecule has 112 valence electrons. The van der Waals surface area contributed by atoms with Crippen LogP contribution in [0.5, 0.6) is 0 Å². The van der Waals surface area contributed by atoms with Crippen LogP contribution < -0.4 is 9.03 Å². The van der Waals surface area contributed by atoms with Crippen molar-refractivity contribution in [1.82, 2.24) is 4.72 Å². The van der Waals surface area contributed by atoms with Crippen molar-refractivity contribution < 1.29 is 23.4 Å². The Balaban J connectivity index is 3.04. The van der Waals surface area contributed by atoms with Crippen LogP contribution in [0.2, 0.25) is 0 Å². The number of carboxylic acids is 1. The van der Waals surface area contributed by atoms with Crippen molar-refractivity contribution in [3.05, 3.63) is 29.8 Å². The van der Waals surface area contributed by atoms with Crippen molar-refractivity contribution in [1.29, 1.82) is 0 Å². The van der Waals surface area contributed by atoms with E-state index in [9.17, 15) is 13.2 Å². The summed E-state index contributed by atoms with van der Waals surface area (Å²) in [6, 6.07) is 5.42. The maximum atomic E-state index is 12.1. The minimum absolute atomic E-state index is 0.0663. The van der Waals surface area contributed by atoms with Crippen LogP contribution in [-0.4, -0.2) is 44.3 Å². The van der Waals surface area contributed by atoms with Gasteiger partial charge in [0.15, 0.2) is 0 Å². The lowest BCUT2D eigenvalue weighted by atomic mass is 10.2. The number of benzene rings is 1. The summed E-state index contributed by atoms with van der Waals surface area (Å²) in [5.74, 6) is -1.09. The van der Waals surface area contributed by atoms with E-state index in [0.29, 0.717) is 12.1 Å². The number of aliphatic hydroxyl groups excluding tert-OH is 1. The highest BCUT2D eigenvalue weighted by atomic mass is 32.2. The first kappa shape index (κ1) is 16.4. The molecule has 3 N–H and O–H groups in total. The van der Waals surface area contributed by atoms with Crippen molar-refractivity contribution in [3.63, 3.8) is 0 Å². The summed E-state index contributed by atoms with van der Waals surface area (Å²) < 4.78 is 27.6. The third-order valence-corrected chi connectivity index (χ3v) is 4.07. The molecule has 0 saturated carbocycles. The zero-order chi connectivity index (χ0) is 15.2. The number of hydrogen-bond donors (Lipinski definition) is 3. The van der Waals surface area contributed by atoms with E-state index in [1.54, 1.807) is 0 Å². The van der Waals surface area contributed by atoms with Crippen LogP contribution in [0, 0.1) is 0 Å². The van der Waals surface area contributed by atoms with E-state index < -0.39 is 16.2 Å². The highest BCUT2D eigenvalue weighted by Gasteiger charge is 2.21. The third kappa shape index (κ3) is 4.19. The molecular formula is C12H18N2O5S. The van der Waals surface area contributed by atoms with Gasteiger partial charge in [-0.1, -0.05) is 6.92 Å². The molecule has 0 aliphatic rings. The van der Waals surface area contributed by atoms with Crippen LogP contribution in [0.15, 0.2) is 24.3 Å². The van der Waals surface area contributed by atoms with Crippen molar-refractivity contribution in [3.8, 4) is 0 Å². The highest BCUT2D eigenvalue weighted by Crippen LogP contribution is 2.18. The van der Waals surface area contributed by atoms with Gasteiger partial charge in [0.25, 0.3) is 0 Å². The van der Waals surface area contributed by atoms with Crippen LogP contribution in [0.1, 0.15) is 23.7 Å². The van der Waals surface area contributed by atoms with E-state index in [0.717, 1.165) is 4.31 Å². The predicted octanol–water partition coefficient (Wildman–Crippen LogP) is 0.428. The lowest BCUT2D eigenvalue weighted by molar-refractivity contribution is 0.0697. The number of rotatable bonds is 8. The first-order chi connectivity index (χ1) is 9.42. The van der Waals surface area contributed by atoms with Crippen molar-refractivity contribution in [2.75, 3.05) is 24.0 Å².